The Morgan fingerprint density at radius 2 is 2.05 bits per heavy atom. The van der Waals surface area contributed by atoms with E-state index in [1.54, 1.807) is 13.8 Å². The molecule has 0 aromatic rings. The van der Waals surface area contributed by atoms with Crippen LogP contribution < -0.4 is 11.2 Å². The third kappa shape index (κ3) is 4.58. The molecule has 0 unspecified atom stereocenters. The highest BCUT2D eigenvalue weighted by Crippen LogP contribution is 2.29. The Morgan fingerprint density at radius 1 is 1.48 bits per heavy atom. The molecule has 0 spiro atoms. The van der Waals surface area contributed by atoms with Gasteiger partial charge in [0.2, 0.25) is 0 Å². The third-order valence-corrected chi connectivity index (χ3v) is 3.29. The Morgan fingerprint density at radius 3 is 2.52 bits per heavy atom. The maximum Gasteiger partial charge on any atom is 0.344 e. The number of carbonyl (C=O) groups excluding carboxylic acids is 2. The number of nitrogens with zero attached hydrogens (tertiary/aromatic N) is 1. The molecule has 21 heavy (non-hydrogen) atoms. The van der Waals surface area contributed by atoms with E-state index in [2.05, 4.69) is 10.4 Å². The first-order chi connectivity index (χ1) is 9.47. The molecular formula is C15H25N3O3. The lowest BCUT2D eigenvalue weighted by Crippen LogP contribution is -2.48. The van der Waals surface area contributed by atoms with Crippen molar-refractivity contribution < 1.29 is 14.3 Å². The van der Waals surface area contributed by atoms with E-state index in [9.17, 15) is 9.59 Å². The topological polar surface area (TPSA) is 93.8 Å². The average Bonchev–Trinajstić information content (AvgIpc) is 2.23. The predicted octanol–water partition coefficient (Wildman–Crippen LogP) is 1.65. The van der Waals surface area contributed by atoms with Crippen LogP contribution in [0.2, 0.25) is 0 Å². The Hall–Kier alpha value is -1.85. The summed E-state index contributed by atoms with van der Waals surface area (Å²) in [7, 11) is 0. The van der Waals surface area contributed by atoms with Crippen LogP contribution in [0.3, 0.4) is 0 Å². The Kier molecular flexibility index (Phi) is 4.81. The first-order valence-corrected chi connectivity index (χ1v) is 6.96. The second kappa shape index (κ2) is 5.87. The molecule has 1 aliphatic rings. The number of esters is 1. The van der Waals surface area contributed by atoms with E-state index in [-0.39, 0.29) is 5.57 Å². The zero-order valence-corrected chi connectivity index (χ0v) is 13.7. The predicted molar refractivity (Wildman–Crippen MR) is 81.6 cm³/mol. The van der Waals surface area contributed by atoms with Crippen LogP contribution in [0.4, 0.5) is 0 Å². The summed E-state index contributed by atoms with van der Waals surface area (Å²) in [5.74, 6) is 4.24. The van der Waals surface area contributed by atoms with Gasteiger partial charge in [0.1, 0.15) is 11.2 Å². The molecule has 1 heterocycles. The van der Waals surface area contributed by atoms with E-state index in [4.69, 9.17) is 10.6 Å². The van der Waals surface area contributed by atoms with Crippen molar-refractivity contribution in [2.45, 2.75) is 65.5 Å². The zero-order valence-electron chi connectivity index (χ0n) is 13.7. The number of hydrogen-bond acceptors (Lipinski definition) is 5. The molecule has 1 rings (SSSR count). The van der Waals surface area contributed by atoms with Gasteiger partial charge in [0.15, 0.2) is 0 Å². The molecular weight excluding hydrogens is 270 g/mol. The van der Waals surface area contributed by atoms with Gasteiger partial charge in [0.25, 0.3) is 5.91 Å². The largest absolute Gasteiger partial charge is 0.456 e. The van der Waals surface area contributed by atoms with E-state index in [0.29, 0.717) is 12.8 Å². The van der Waals surface area contributed by atoms with E-state index in [0.717, 1.165) is 11.3 Å². The summed E-state index contributed by atoms with van der Waals surface area (Å²) in [6.45, 7) is 10.9. The van der Waals surface area contributed by atoms with Crippen molar-refractivity contribution in [3.8, 4) is 0 Å². The Labute approximate surface area is 125 Å². The highest BCUT2D eigenvalue weighted by atomic mass is 16.6. The summed E-state index contributed by atoms with van der Waals surface area (Å²) >= 11 is 0. The van der Waals surface area contributed by atoms with Crippen LogP contribution in [0.5, 0.6) is 0 Å². The third-order valence-electron chi connectivity index (χ3n) is 3.29. The first-order valence-electron chi connectivity index (χ1n) is 6.96. The van der Waals surface area contributed by atoms with Gasteiger partial charge in [-0.1, -0.05) is 0 Å². The van der Waals surface area contributed by atoms with Gasteiger partial charge >= 0.3 is 5.97 Å². The number of rotatable bonds is 4. The number of cyclic esters (lactones) is 1. The molecule has 0 atom stereocenters. The Balaban J connectivity index is 2.91. The molecule has 0 aromatic carbocycles. The van der Waals surface area contributed by atoms with Crippen molar-refractivity contribution in [2.75, 3.05) is 0 Å². The van der Waals surface area contributed by atoms with Crippen molar-refractivity contribution >= 4 is 17.6 Å². The maximum absolute atomic E-state index is 12.4. The smallest absolute Gasteiger partial charge is 0.344 e. The maximum atomic E-state index is 12.4. The minimum absolute atomic E-state index is 0.102. The van der Waals surface area contributed by atoms with Crippen LogP contribution in [0.15, 0.2) is 16.2 Å². The molecule has 1 aliphatic heterocycles. The monoisotopic (exact) mass is 295 g/mol. The second-order valence-corrected chi connectivity index (χ2v) is 6.86. The molecule has 0 saturated carbocycles. The molecule has 1 amide bonds. The minimum Gasteiger partial charge on any atom is -0.456 e. The molecule has 6 heteroatoms. The fourth-order valence-corrected chi connectivity index (χ4v) is 2.63. The van der Waals surface area contributed by atoms with Gasteiger partial charge in [-0.3, -0.25) is 4.79 Å². The number of carbonyl (C=O) groups is 2. The van der Waals surface area contributed by atoms with Gasteiger partial charge in [-0.15, -0.1) is 0 Å². The lowest BCUT2D eigenvalue weighted by molar-refractivity contribution is -0.154. The molecule has 0 saturated heterocycles. The molecule has 0 aliphatic carbocycles. The normalized spacial score (nSPS) is 19.3. The van der Waals surface area contributed by atoms with Crippen molar-refractivity contribution in [1.29, 1.82) is 0 Å². The highest BCUT2D eigenvalue weighted by Gasteiger charge is 2.37. The molecule has 118 valence electrons. The van der Waals surface area contributed by atoms with Gasteiger partial charge in [-0.2, -0.15) is 5.10 Å². The summed E-state index contributed by atoms with van der Waals surface area (Å²) in [5, 5.41) is 6.45. The van der Waals surface area contributed by atoms with Crippen LogP contribution in [-0.2, 0) is 14.3 Å². The van der Waals surface area contributed by atoms with Gasteiger partial charge < -0.3 is 15.9 Å². The minimum atomic E-state index is -0.568. The molecule has 0 radical (unpaired) electrons. The SMILES string of the molecule is CC(CC(C)(C)NC(=O)C1=C(C)CC(C)(C)OC1=O)=NN. The van der Waals surface area contributed by atoms with Crippen LogP contribution in [-0.4, -0.2) is 28.7 Å². The summed E-state index contributed by atoms with van der Waals surface area (Å²) in [6, 6.07) is 0. The van der Waals surface area contributed by atoms with Crippen LogP contribution in [0, 0.1) is 0 Å². The quantitative estimate of drug-likeness (QED) is 0.271. The van der Waals surface area contributed by atoms with Crippen LogP contribution >= 0.6 is 0 Å². The molecule has 0 aromatic heterocycles. The zero-order chi connectivity index (χ0) is 16.4. The van der Waals surface area contributed by atoms with Crippen LogP contribution in [0.25, 0.3) is 0 Å². The standard InChI is InChI=1S/C15H25N3O3/c1-9-7-15(5,6)21-13(20)11(9)12(19)17-14(3,4)8-10(2)18-16/h7-8,16H2,1-6H3,(H,17,19). The van der Waals surface area contributed by atoms with E-state index in [1.165, 1.54) is 0 Å². The number of hydrogen-bond donors (Lipinski definition) is 2. The van der Waals surface area contributed by atoms with Crippen molar-refractivity contribution in [2.24, 2.45) is 10.9 Å². The second-order valence-electron chi connectivity index (χ2n) is 6.86. The van der Waals surface area contributed by atoms with E-state index >= 15 is 0 Å². The highest BCUT2D eigenvalue weighted by molar-refractivity contribution is 6.17. The Bertz CT molecular complexity index is 516. The molecule has 0 fully saturated rings. The van der Waals surface area contributed by atoms with Crippen LogP contribution in [0.1, 0.15) is 54.4 Å². The fourth-order valence-electron chi connectivity index (χ4n) is 2.63. The van der Waals surface area contributed by atoms with Gasteiger partial charge in [-0.25, -0.2) is 4.79 Å². The average molecular weight is 295 g/mol. The van der Waals surface area contributed by atoms with E-state index < -0.39 is 23.0 Å². The summed E-state index contributed by atoms with van der Waals surface area (Å²) in [4.78, 5) is 24.4. The molecule has 0 bridgehead atoms. The van der Waals surface area contributed by atoms with Gasteiger partial charge in [0.05, 0.1) is 0 Å². The summed E-state index contributed by atoms with van der Waals surface area (Å²) in [6.07, 6.45) is 1.05. The lowest BCUT2D eigenvalue weighted by Gasteiger charge is -2.33. The number of hydrazone groups is 1. The lowest BCUT2D eigenvalue weighted by atomic mass is 9.91. The van der Waals surface area contributed by atoms with Crippen molar-refractivity contribution in [3.63, 3.8) is 0 Å². The summed E-state index contributed by atoms with van der Waals surface area (Å²) in [5.41, 5.74) is 0.449. The number of nitrogens with one attached hydrogen (secondary N) is 1. The summed E-state index contributed by atoms with van der Waals surface area (Å²) < 4.78 is 5.29. The number of nitrogens with two attached hydrogens (primary N) is 1. The van der Waals surface area contributed by atoms with Gasteiger partial charge in [-0.05, 0) is 47.1 Å². The fraction of sp³-hybridized carbons (Fsp3) is 0.667. The van der Waals surface area contributed by atoms with Crippen molar-refractivity contribution in [3.05, 3.63) is 11.1 Å². The number of amides is 1. The number of ether oxygens (including phenoxy) is 1. The molecule has 3 N–H and O–H groups in total. The van der Waals surface area contributed by atoms with Crippen molar-refractivity contribution in [1.82, 2.24) is 5.32 Å². The first kappa shape index (κ1) is 17.2. The van der Waals surface area contributed by atoms with Gasteiger partial charge in [0, 0.05) is 24.1 Å². The molecule has 6 nitrogen and oxygen atoms in total. The van der Waals surface area contributed by atoms with E-state index in [1.807, 2.05) is 27.7 Å².